The van der Waals surface area contributed by atoms with Crippen LogP contribution in [0.3, 0.4) is 0 Å². The minimum absolute atomic E-state index is 0.134. The first-order valence-electron chi connectivity index (χ1n) is 9.22. The van der Waals surface area contributed by atoms with E-state index >= 15 is 0 Å². The zero-order valence-corrected chi connectivity index (χ0v) is 16.4. The Balaban J connectivity index is 2.36. The molecule has 1 aromatic rings. The van der Waals surface area contributed by atoms with Gasteiger partial charge in [-0.25, -0.2) is 4.79 Å². The van der Waals surface area contributed by atoms with Gasteiger partial charge in [0, 0.05) is 17.4 Å². The van der Waals surface area contributed by atoms with E-state index in [1.54, 1.807) is 6.92 Å². The summed E-state index contributed by atoms with van der Waals surface area (Å²) in [5, 5.41) is 0. The number of Topliss-reactive ketones (excluding diaryl/α,β-unsaturated/α-hetero) is 1. The number of rotatable bonds is 6. The molecule has 0 spiro atoms. The number of aryl methyl sites for hydroxylation is 2. The quantitative estimate of drug-likeness (QED) is 0.578. The molecule has 4 heteroatoms. The number of esters is 1. The first kappa shape index (κ1) is 19.6. The molecule has 4 nitrogen and oxygen atoms in total. The van der Waals surface area contributed by atoms with Crippen LogP contribution in [-0.4, -0.2) is 35.8 Å². The van der Waals surface area contributed by atoms with Crippen molar-refractivity contribution in [1.82, 2.24) is 4.90 Å². The first-order chi connectivity index (χ1) is 11.7. The van der Waals surface area contributed by atoms with Gasteiger partial charge in [0.2, 0.25) is 0 Å². The highest BCUT2D eigenvalue weighted by molar-refractivity contribution is 5.80. The third kappa shape index (κ3) is 4.49. The Labute approximate surface area is 151 Å². The van der Waals surface area contributed by atoms with E-state index in [9.17, 15) is 9.59 Å². The number of nitrogens with zero attached hydrogens (tertiary/aromatic N) is 1. The largest absolute Gasteiger partial charge is 0.425 e. The van der Waals surface area contributed by atoms with Crippen LogP contribution in [0.1, 0.15) is 63.6 Å². The van der Waals surface area contributed by atoms with Gasteiger partial charge in [0.25, 0.3) is 0 Å². The molecule has 1 aliphatic heterocycles. The van der Waals surface area contributed by atoms with Crippen LogP contribution in [0.2, 0.25) is 0 Å². The predicted molar refractivity (Wildman–Crippen MR) is 100 cm³/mol. The molecule has 0 radical (unpaired) electrons. The van der Waals surface area contributed by atoms with Crippen molar-refractivity contribution >= 4 is 11.8 Å². The van der Waals surface area contributed by atoms with Crippen molar-refractivity contribution in [3.05, 3.63) is 28.8 Å². The standard InChI is InChI=1S/C21H31NO3/c1-7-22-10-8-9-17(22)20(24)25-18-12-14(2)11-15(3)19(18)21(5,6)13-16(4)23/h11-12,17H,7-10,13H2,1-6H3. The van der Waals surface area contributed by atoms with E-state index in [-0.39, 0.29) is 23.2 Å². The van der Waals surface area contributed by atoms with Gasteiger partial charge in [-0.05, 0) is 63.9 Å². The summed E-state index contributed by atoms with van der Waals surface area (Å²) in [5.74, 6) is 0.566. The van der Waals surface area contributed by atoms with Gasteiger partial charge in [-0.1, -0.05) is 26.8 Å². The van der Waals surface area contributed by atoms with Crippen LogP contribution in [0.15, 0.2) is 12.1 Å². The molecule has 0 amide bonds. The van der Waals surface area contributed by atoms with Crippen LogP contribution in [-0.2, 0) is 15.0 Å². The molecule has 1 saturated heterocycles. The monoisotopic (exact) mass is 345 g/mol. The summed E-state index contributed by atoms with van der Waals surface area (Å²) < 4.78 is 5.90. The van der Waals surface area contributed by atoms with Gasteiger partial charge in [-0.15, -0.1) is 0 Å². The van der Waals surface area contributed by atoms with Gasteiger partial charge in [0.05, 0.1) is 0 Å². The molecule has 138 valence electrons. The highest BCUT2D eigenvalue weighted by Gasteiger charge is 2.34. The second-order valence-corrected chi connectivity index (χ2v) is 7.93. The molecule has 1 fully saturated rings. The third-order valence-electron chi connectivity index (χ3n) is 5.06. The summed E-state index contributed by atoms with van der Waals surface area (Å²) in [5.41, 5.74) is 2.70. The fourth-order valence-electron chi connectivity index (χ4n) is 4.24. The van der Waals surface area contributed by atoms with E-state index in [4.69, 9.17) is 4.74 Å². The van der Waals surface area contributed by atoms with E-state index < -0.39 is 0 Å². The Bertz CT molecular complexity index is 663. The molecule has 0 aromatic heterocycles. The lowest BCUT2D eigenvalue weighted by molar-refractivity contribution is -0.139. The van der Waals surface area contributed by atoms with E-state index in [0.29, 0.717) is 12.2 Å². The number of hydrogen-bond acceptors (Lipinski definition) is 4. The van der Waals surface area contributed by atoms with Crippen molar-refractivity contribution in [2.75, 3.05) is 13.1 Å². The second kappa shape index (κ2) is 7.69. The fourth-order valence-corrected chi connectivity index (χ4v) is 4.24. The average molecular weight is 345 g/mol. The minimum atomic E-state index is -0.376. The predicted octanol–water partition coefficient (Wildman–Crippen LogP) is 3.95. The molecule has 1 aliphatic rings. The SMILES string of the molecule is CCN1CCCC1C(=O)Oc1cc(C)cc(C)c1C(C)(C)CC(C)=O. The Morgan fingerprint density at radius 1 is 1.28 bits per heavy atom. The normalized spacial score (nSPS) is 18.4. The lowest BCUT2D eigenvalue weighted by atomic mass is 9.77. The van der Waals surface area contributed by atoms with Crippen molar-refractivity contribution in [3.63, 3.8) is 0 Å². The molecule has 0 saturated carbocycles. The number of likely N-dealkylation sites (N-methyl/N-ethyl adjacent to an activating group) is 1. The molecule has 2 rings (SSSR count). The van der Waals surface area contributed by atoms with Crippen LogP contribution < -0.4 is 4.74 Å². The number of benzene rings is 1. The van der Waals surface area contributed by atoms with Crippen LogP contribution in [0, 0.1) is 13.8 Å². The second-order valence-electron chi connectivity index (χ2n) is 7.93. The molecule has 0 bridgehead atoms. The number of carbonyl (C=O) groups is 2. The van der Waals surface area contributed by atoms with E-state index in [0.717, 1.165) is 42.6 Å². The van der Waals surface area contributed by atoms with Gasteiger partial charge >= 0.3 is 5.97 Å². The van der Waals surface area contributed by atoms with Crippen molar-refractivity contribution < 1.29 is 14.3 Å². The number of carbonyl (C=O) groups excluding carboxylic acids is 2. The van der Waals surface area contributed by atoms with Crippen LogP contribution in [0.5, 0.6) is 5.75 Å². The molecular formula is C21H31NO3. The highest BCUT2D eigenvalue weighted by atomic mass is 16.5. The lowest BCUT2D eigenvalue weighted by Crippen LogP contribution is -2.38. The summed E-state index contributed by atoms with van der Waals surface area (Å²) in [6.07, 6.45) is 2.30. The Kier molecular flexibility index (Phi) is 6.04. The number of likely N-dealkylation sites (tertiary alicyclic amines) is 1. The Hall–Kier alpha value is -1.68. The maximum Gasteiger partial charge on any atom is 0.328 e. The lowest BCUT2D eigenvalue weighted by Gasteiger charge is -2.29. The molecule has 0 aliphatic carbocycles. The van der Waals surface area contributed by atoms with Crippen LogP contribution >= 0.6 is 0 Å². The fraction of sp³-hybridized carbons (Fsp3) is 0.619. The first-order valence-corrected chi connectivity index (χ1v) is 9.22. The van der Waals surface area contributed by atoms with Gasteiger partial charge in [-0.2, -0.15) is 0 Å². The summed E-state index contributed by atoms with van der Waals surface area (Å²) in [7, 11) is 0. The van der Waals surface area contributed by atoms with Crippen molar-refractivity contribution in [2.45, 2.75) is 72.3 Å². The average Bonchev–Trinajstić information content (AvgIpc) is 2.92. The van der Waals surface area contributed by atoms with E-state index in [1.807, 2.05) is 33.8 Å². The Morgan fingerprint density at radius 2 is 1.96 bits per heavy atom. The maximum absolute atomic E-state index is 12.8. The summed E-state index contributed by atoms with van der Waals surface area (Å²) >= 11 is 0. The molecule has 1 atom stereocenters. The van der Waals surface area contributed by atoms with Gasteiger partial charge in [0.15, 0.2) is 0 Å². The van der Waals surface area contributed by atoms with E-state index in [1.165, 1.54) is 0 Å². The van der Waals surface area contributed by atoms with Crippen molar-refractivity contribution in [3.8, 4) is 5.75 Å². The number of hydrogen-bond donors (Lipinski definition) is 0. The summed E-state index contributed by atoms with van der Waals surface area (Å²) in [6.45, 7) is 13.6. The van der Waals surface area contributed by atoms with Gasteiger partial charge in [-0.3, -0.25) is 9.69 Å². The third-order valence-corrected chi connectivity index (χ3v) is 5.06. The molecule has 0 N–H and O–H groups in total. The van der Waals surface area contributed by atoms with Crippen LogP contribution in [0.25, 0.3) is 0 Å². The molecule has 1 heterocycles. The van der Waals surface area contributed by atoms with E-state index in [2.05, 4.69) is 17.9 Å². The van der Waals surface area contributed by atoms with Gasteiger partial charge < -0.3 is 4.74 Å². The Morgan fingerprint density at radius 3 is 2.56 bits per heavy atom. The van der Waals surface area contributed by atoms with Crippen LogP contribution in [0.4, 0.5) is 0 Å². The smallest absolute Gasteiger partial charge is 0.328 e. The zero-order valence-electron chi connectivity index (χ0n) is 16.4. The van der Waals surface area contributed by atoms with Gasteiger partial charge in [0.1, 0.15) is 17.6 Å². The molecule has 1 unspecified atom stereocenters. The highest BCUT2D eigenvalue weighted by Crippen LogP contribution is 2.38. The summed E-state index contributed by atoms with van der Waals surface area (Å²) in [6, 6.07) is 3.85. The minimum Gasteiger partial charge on any atom is -0.425 e. The van der Waals surface area contributed by atoms with Crippen molar-refractivity contribution in [1.29, 1.82) is 0 Å². The maximum atomic E-state index is 12.8. The molecule has 25 heavy (non-hydrogen) atoms. The van der Waals surface area contributed by atoms with Crippen molar-refractivity contribution in [2.24, 2.45) is 0 Å². The number of ketones is 1. The number of ether oxygens (including phenoxy) is 1. The molecular weight excluding hydrogens is 314 g/mol. The zero-order chi connectivity index (χ0) is 18.8. The molecule has 1 aromatic carbocycles. The topological polar surface area (TPSA) is 46.6 Å². The summed E-state index contributed by atoms with van der Waals surface area (Å²) in [4.78, 5) is 26.7.